The van der Waals surface area contributed by atoms with Crippen LogP contribution in [0.15, 0.2) is 68.4 Å². The van der Waals surface area contributed by atoms with Crippen molar-refractivity contribution in [1.82, 2.24) is 19.6 Å². The summed E-state index contributed by atoms with van der Waals surface area (Å²) in [6.07, 6.45) is 1.44. The van der Waals surface area contributed by atoms with Gasteiger partial charge in [-0.2, -0.15) is 9.78 Å². The number of furan rings is 1. The van der Waals surface area contributed by atoms with Crippen LogP contribution in [0, 0.1) is 0 Å². The molecule has 1 aromatic carbocycles. The zero-order valence-electron chi connectivity index (χ0n) is 16.8. The van der Waals surface area contributed by atoms with Crippen molar-refractivity contribution < 1.29 is 13.6 Å². The second kappa shape index (κ2) is 7.51. The average Bonchev–Trinajstić information content (AvgIpc) is 3.43. The summed E-state index contributed by atoms with van der Waals surface area (Å²) >= 11 is 0. The van der Waals surface area contributed by atoms with Gasteiger partial charge >= 0.3 is 5.76 Å². The largest absolute Gasteiger partial charge is 0.459 e. The Morgan fingerprint density at radius 3 is 2.53 bits per heavy atom. The third-order valence-corrected chi connectivity index (χ3v) is 4.38. The molecule has 3 aromatic heterocycles. The lowest BCUT2D eigenvalue weighted by Gasteiger charge is -2.14. The molecule has 0 aliphatic rings. The summed E-state index contributed by atoms with van der Waals surface area (Å²) in [5.41, 5.74) is 1.42. The lowest BCUT2D eigenvalue weighted by Crippen LogP contribution is -2.26. The Bertz CT molecular complexity index is 1210. The normalized spacial score (nSPS) is 11.6. The fourth-order valence-electron chi connectivity index (χ4n) is 2.83. The molecule has 9 heteroatoms. The van der Waals surface area contributed by atoms with E-state index in [0.717, 1.165) is 16.1 Å². The molecular formula is C21H21N5O4. The first kappa shape index (κ1) is 19.4. The number of para-hydroxylation sites is 1. The number of amides is 1. The molecule has 0 bridgehead atoms. The summed E-state index contributed by atoms with van der Waals surface area (Å²) < 4.78 is 12.8. The number of anilines is 1. The van der Waals surface area contributed by atoms with Gasteiger partial charge in [-0.1, -0.05) is 39.0 Å². The summed E-state index contributed by atoms with van der Waals surface area (Å²) in [6.45, 7) is 5.82. The number of benzene rings is 1. The zero-order valence-corrected chi connectivity index (χ0v) is 16.8. The predicted molar refractivity (Wildman–Crippen MR) is 109 cm³/mol. The van der Waals surface area contributed by atoms with Gasteiger partial charge in [-0.15, -0.1) is 5.10 Å². The third kappa shape index (κ3) is 3.95. The van der Waals surface area contributed by atoms with Crippen LogP contribution >= 0.6 is 0 Å². The molecule has 4 aromatic rings. The predicted octanol–water partition coefficient (Wildman–Crippen LogP) is 3.22. The second-order valence-electron chi connectivity index (χ2n) is 7.77. The Labute approximate surface area is 171 Å². The minimum Gasteiger partial charge on any atom is -0.459 e. The van der Waals surface area contributed by atoms with E-state index in [2.05, 4.69) is 15.5 Å². The van der Waals surface area contributed by atoms with E-state index in [9.17, 15) is 9.59 Å². The van der Waals surface area contributed by atoms with Crippen LogP contribution in [-0.4, -0.2) is 25.5 Å². The molecule has 0 saturated heterocycles. The van der Waals surface area contributed by atoms with E-state index in [1.165, 1.54) is 6.26 Å². The van der Waals surface area contributed by atoms with E-state index in [4.69, 9.17) is 8.83 Å². The summed E-state index contributed by atoms with van der Waals surface area (Å²) in [7, 11) is 0. The van der Waals surface area contributed by atoms with Crippen molar-refractivity contribution >= 4 is 11.7 Å². The molecule has 0 aliphatic carbocycles. The highest BCUT2D eigenvalue weighted by atomic mass is 16.4. The minimum absolute atomic E-state index is 0.0159. The van der Waals surface area contributed by atoms with Gasteiger partial charge in [0, 0.05) is 11.5 Å². The Kier molecular flexibility index (Phi) is 4.86. The number of nitrogens with one attached hydrogen (secondary N) is 1. The lowest BCUT2D eigenvalue weighted by molar-refractivity contribution is -0.117. The van der Waals surface area contributed by atoms with E-state index < -0.39 is 11.7 Å². The molecule has 0 aliphatic heterocycles. The van der Waals surface area contributed by atoms with Crippen molar-refractivity contribution in [2.24, 2.45) is 0 Å². The molecule has 154 valence electrons. The maximum absolute atomic E-state index is 12.7. The number of aromatic nitrogens is 4. The summed E-state index contributed by atoms with van der Waals surface area (Å²) in [4.78, 5) is 24.7. The maximum Gasteiger partial charge on any atom is 0.437 e. The van der Waals surface area contributed by atoms with Crippen LogP contribution in [-0.2, 0) is 16.8 Å². The minimum atomic E-state index is -0.747. The van der Waals surface area contributed by atoms with Crippen molar-refractivity contribution in [3.63, 3.8) is 0 Å². The zero-order chi connectivity index (χ0) is 21.3. The monoisotopic (exact) mass is 407 g/mol. The lowest BCUT2D eigenvalue weighted by atomic mass is 9.92. The summed E-state index contributed by atoms with van der Waals surface area (Å²) in [6, 6.07) is 14.6. The van der Waals surface area contributed by atoms with Crippen molar-refractivity contribution in [3.8, 4) is 17.3 Å². The number of rotatable bonds is 5. The highest BCUT2D eigenvalue weighted by Crippen LogP contribution is 2.26. The molecule has 9 nitrogen and oxygen atoms in total. The van der Waals surface area contributed by atoms with Gasteiger partial charge in [0.15, 0.2) is 5.76 Å². The molecular weight excluding hydrogens is 386 g/mol. The number of carbonyl (C=O) groups is 1. The van der Waals surface area contributed by atoms with Gasteiger partial charge < -0.3 is 14.2 Å². The molecule has 1 amide bonds. The first-order chi connectivity index (χ1) is 14.3. The van der Waals surface area contributed by atoms with Crippen LogP contribution in [0.3, 0.4) is 0 Å². The van der Waals surface area contributed by atoms with Crippen LogP contribution in [0.1, 0.15) is 26.5 Å². The number of hydrogen-bond donors (Lipinski definition) is 1. The molecule has 0 unspecified atom stereocenters. The van der Waals surface area contributed by atoms with Crippen LogP contribution < -0.4 is 11.1 Å². The number of nitrogens with zero attached hydrogens (tertiary/aromatic N) is 4. The fraction of sp³-hybridized carbons (Fsp3) is 0.238. The van der Waals surface area contributed by atoms with Gasteiger partial charge in [0.05, 0.1) is 17.6 Å². The molecule has 4 rings (SSSR count). The Hall–Kier alpha value is -3.88. The SMILES string of the molecule is CC(C)(C)c1cc(NC(=O)Cn2nc(-c3ccco3)oc2=O)n(-c2ccccc2)n1. The van der Waals surface area contributed by atoms with Gasteiger partial charge in [-0.3, -0.25) is 4.79 Å². The third-order valence-electron chi connectivity index (χ3n) is 4.38. The van der Waals surface area contributed by atoms with Crippen molar-refractivity contribution in [1.29, 1.82) is 0 Å². The van der Waals surface area contributed by atoms with Gasteiger partial charge in [-0.25, -0.2) is 9.48 Å². The fourth-order valence-corrected chi connectivity index (χ4v) is 2.83. The maximum atomic E-state index is 12.7. The van der Waals surface area contributed by atoms with Gasteiger partial charge in [0.2, 0.25) is 5.91 Å². The number of carbonyl (C=O) groups excluding carboxylic acids is 1. The first-order valence-corrected chi connectivity index (χ1v) is 9.39. The van der Waals surface area contributed by atoms with Crippen LogP contribution in [0.2, 0.25) is 0 Å². The Morgan fingerprint density at radius 2 is 1.87 bits per heavy atom. The molecule has 0 radical (unpaired) electrons. The van der Waals surface area contributed by atoms with E-state index >= 15 is 0 Å². The topological polar surface area (TPSA) is 108 Å². The van der Waals surface area contributed by atoms with Crippen LogP contribution in [0.5, 0.6) is 0 Å². The standard InChI is InChI=1S/C21H21N5O4/c1-21(2,3)16-12-17(26(23-16)14-8-5-4-6-9-14)22-18(27)13-25-20(28)30-19(24-25)15-10-7-11-29-15/h4-12H,13H2,1-3H3,(H,22,27). The summed E-state index contributed by atoms with van der Waals surface area (Å²) in [5.74, 6) is -0.360. The van der Waals surface area contributed by atoms with Crippen LogP contribution in [0.4, 0.5) is 5.82 Å². The van der Waals surface area contributed by atoms with E-state index in [1.807, 2.05) is 57.2 Å². The smallest absolute Gasteiger partial charge is 0.437 e. The average molecular weight is 407 g/mol. The number of hydrogen-bond acceptors (Lipinski definition) is 6. The molecule has 0 atom stereocenters. The molecule has 1 N–H and O–H groups in total. The van der Waals surface area contributed by atoms with E-state index in [-0.39, 0.29) is 17.9 Å². The van der Waals surface area contributed by atoms with Crippen molar-refractivity contribution in [3.05, 3.63) is 71.0 Å². The Morgan fingerprint density at radius 1 is 1.10 bits per heavy atom. The molecule has 0 fully saturated rings. The molecule has 0 saturated carbocycles. The summed E-state index contributed by atoms with van der Waals surface area (Å²) in [5, 5.41) is 11.5. The van der Waals surface area contributed by atoms with Gasteiger partial charge in [0.25, 0.3) is 5.89 Å². The Balaban J connectivity index is 1.59. The highest BCUT2D eigenvalue weighted by Gasteiger charge is 2.22. The molecule has 3 heterocycles. The van der Waals surface area contributed by atoms with Crippen molar-refractivity contribution in [2.75, 3.05) is 5.32 Å². The molecule has 30 heavy (non-hydrogen) atoms. The highest BCUT2D eigenvalue weighted by molar-refractivity contribution is 5.90. The first-order valence-electron chi connectivity index (χ1n) is 9.39. The quantitative estimate of drug-likeness (QED) is 0.544. The van der Waals surface area contributed by atoms with E-state index in [1.54, 1.807) is 16.8 Å². The van der Waals surface area contributed by atoms with Crippen LogP contribution in [0.25, 0.3) is 17.3 Å². The molecule has 0 spiro atoms. The van der Waals surface area contributed by atoms with Crippen molar-refractivity contribution in [2.45, 2.75) is 32.7 Å². The van der Waals surface area contributed by atoms with E-state index in [0.29, 0.717) is 11.6 Å². The van der Waals surface area contributed by atoms with Gasteiger partial charge in [0.1, 0.15) is 12.4 Å². The van der Waals surface area contributed by atoms with Gasteiger partial charge in [-0.05, 0) is 24.3 Å². The second-order valence-corrected chi connectivity index (χ2v) is 7.77.